The number of ether oxygens (including phenoxy) is 1. The van der Waals surface area contributed by atoms with Crippen LogP contribution >= 0.6 is 22.7 Å². The lowest BCUT2D eigenvalue weighted by Gasteiger charge is -2.20. The van der Waals surface area contributed by atoms with E-state index >= 15 is 0 Å². The molecule has 0 atom stereocenters. The van der Waals surface area contributed by atoms with Crippen LogP contribution in [0.5, 0.6) is 0 Å². The number of thiophene rings is 2. The highest BCUT2D eigenvalue weighted by Gasteiger charge is 2.19. The number of rotatable bonds is 3. The maximum atomic E-state index is 12.2. The standard InChI is InChI=1S/C13H14O2S2/c14-10(7-9-1-4-15-5-2-9)12-8-13-11(17-12)3-6-16-13/h3,6,8-9H,1-2,4-5,7H2. The van der Waals surface area contributed by atoms with Crippen molar-refractivity contribution in [3.8, 4) is 0 Å². The molecule has 2 aromatic heterocycles. The maximum Gasteiger partial charge on any atom is 0.173 e. The van der Waals surface area contributed by atoms with Crippen LogP contribution in [0, 0.1) is 5.92 Å². The third-order valence-corrected chi connectivity index (χ3v) is 5.36. The van der Waals surface area contributed by atoms with Gasteiger partial charge in [0, 0.05) is 29.0 Å². The Hall–Kier alpha value is -0.710. The molecule has 0 unspecified atom stereocenters. The van der Waals surface area contributed by atoms with Crippen molar-refractivity contribution in [2.24, 2.45) is 5.92 Å². The van der Waals surface area contributed by atoms with Crippen LogP contribution in [-0.2, 0) is 4.74 Å². The molecule has 3 rings (SSSR count). The van der Waals surface area contributed by atoms with Gasteiger partial charge in [0.1, 0.15) is 0 Å². The van der Waals surface area contributed by atoms with Gasteiger partial charge in [-0.1, -0.05) is 0 Å². The molecule has 0 saturated carbocycles. The van der Waals surface area contributed by atoms with Gasteiger partial charge in [-0.25, -0.2) is 0 Å². The van der Waals surface area contributed by atoms with Crippen LogP contribution in [0.25, 0.3) is 9.40 Å². The Kier molecular flexibility index (Phi) is 3.27. The van der Waals surface area contributed by atoms with Crippen molar-refractivity contribution in [3.63, 3.8) is 0 Å². The fraction of sp³-hybridized carbons (Fsp3) is 0.462. The maximum absolute atomic E-state index is 12.2. The van der Waals surface area contributed by atoms with Gasteiger partial charge in [0.05, 0.1) is 4.88 Å². The highest BCUT2D eigenvalue weighted by Crippen LogP contribution is 2.32. The zero-order valence-electron chi connectivity index (χ0n) is 9.48. The molecule has 2 aromatic rings. The first-order valence-corrected chi connectivity index (χ1v) is 7.60. The predicted molar refractivity (Wildman–Crippen MR) is 72.2 cm³/mol. The smallest absolute Gasteiger partial charge is 0.173 e. The Morgan fingerprint density at radius 3 is 2.94 bits per heavy atom. The van der Waals surface area contributed by atoms with E-state index in [0.717, 1.165) is 30.9 Å². The van der Waals surface area contributed by atoms with Gasteiger partial charge in [-0.15, -0.1) is 22.7 Å². The van der Waals surface area contributed by atoms with E-state index in [2.05, 4.69) is 11.4 Å². The molecule has 0 amide bonds. The molecule has 0 aromatic carbocycles. The van der Waals surface area contributed by atoms with Crippen LogP contribution in [0.4, 0.5) is 0 Å². The number of carbonyl (C=O) groups is 1. The van der Waals surface area contributed by atoms with Crippen molar-refractivity contribution in [3.05, 3.63) is 22.4 Å². The molecule has 0 aliphatic carbocycles. The van der Waals surface area contributed by atoms with Gasteiger partial charge >= 0.3 is 0 Å². The van der Waals surface area contributed by atoms with Crippen LogP contribution in [0.1, 0.15) is 28.9 Å². The van der Waals surface area contributed by atoms with E-state index in [1.807, 2.05) is 6.07 Å². The second kappa shape index (κ2) is 4.88. The molecule has 0 radical (unpaired) electrons. The minimum atomic E-state index is 0.310. The normalized spacial score (nSPS) is 17.6. The van der Waals surface area contributed by atoms with Gasteiger partial charge in [0.2, 0.25) is 0 Å². The topological polar surface area (TPSA) is 26.3 Å². The van der Waals surface area contributed by atoms with E-state index in [0.29, 0.717) is 18.1 Å². The van der Waals surface area contributed by atoms with E-state index in [9.17, 15) is 4.79 Å². The highest BCUT2D eigenvalue weighted by molar-refractivity contribution is 7.27. The lowest BCUT2D eigenvalue weighted by Crippen LogP contribution is -2.18. The van der Waals surface area contributed by atoms with Crippen LogP contribution in [-0.4, -0.2) is 19.0 Å². The molecule has 3 heterocycles. The van der Waals surface area contributed by atoms with Crippen molar-refractivity contribution in [2.75, 3.05) is 13.2 Å². The first kappa shape index (κ1) is 11.4. The molecule has 90 valence electrons. The first-order valence-electron chi connectivity index (χ1n) is 5.91. The molecule has 0 N–H and O–H groups in total. The minimum Gasteiger partial charge on any atom is -0.381 e. The molecular formula is C13H14O2S2. The number of fused-ring (bicyclic) bond motifs is 1. The third kappa shape index (κ3) is 2.44. The molecule has 1 saturated heterocycles. The lowest BCUT2D eigenvalue weighted by atomic mass is 9.94. The monoisotopic (exact) mass is 266 g/mol. The van der Waals surface area contributed by atoms with E-state index in [-0.39, 0.29) is 0 Å². The second-order valence-electron chi connectivity index (χ2n) is 4.44. The van der Waals surface area contributed by atoms with Gasteiger partial charge < -0.3 is 4.74 Å². The Bertz CT molecular complexity index is 492. The fourth-order valence-electron chi connectivity index (χ4n) is 2.22. The summed E-state index contributed by atoms with van der Waals surface area (Å²) in [5.74, 6) is 0.835. The Morgan fingerprint density at radius 1 is 1.35 bits per heavy atom. The average molecular weight is 266 g/mol. The molecular weight excluding hydrogens is 252 g/mol. The average Bonchev–Trinajstić information content (AvgIpc) is 2.90. The highest BCUT2D eigenvalue weighted by atomic mass is 32.1. The molecule has 1 aliphatic heterocycles. The number of ketones is 1. The summed E-state index contributed by atoms with van der Waals surface area (Å²) in [5.41, 5.74) is 0. The van der Waals surface area contributed by atoms with Gasteiger partial charge in [-0.05, 0) is 36.3 Å². The minimum absolute atomic E-state index is 0.310. The van der Waals surface area contributed by atoms with E-state index < -0.39 is 0 Å². The second-order valence-corrected chi connectivity index (χ2v) is 6.47. The molecule has 1 aliphatic rings. The van der Waals surface area contributed by atoms with E-state index in [1.54, 1.807) is 22.7 Å². The Labute approximate surface area is 108 Å². The first-order chi connectivity index (χ1) is 8.33. The van der Waals surface area contributed by atoms with E-state index in [1.165, 1.54) is 9.40 Å². The summed E-state index contributed by atoms with van der Waals surface area (Å²) >= 11 is 3.34. The summed E-state index contributed by atoms with van der Waals surface area (Å²) in [4.78, 5) is 13.1. The Balaban J connectivity index is 1.71. The molecule has 17 heavy (non-hydrogen) atoms. The summed E-state index contributed by atoms with van der Waals surface area (Å²) in [6.45, 7) is 1.63. The summed E-state index contributed by atoms with van der Waals surface area (Å²) in [6.07, 6.45) is 2.76. The van der Waals surface area contributed by atoms with Crippen molar-refractivity contribution >= 4 is 37.9 Å². The largest absolute Gasteiger partial charge is 0.381 e. The van der Waals surface area contributed by atoms with Crippen molar-refractivity contribution in [1.29, 1.82) is 0 Å². The number of carbonyl (C=O) groups excluding carboxylic acids is 1. The van der Waals surface area contributed by atoms with Gasteiger partial charge in [-0.2, -0.15) is 0 Å². The summed E-state index contributed by atoms with van der Waals surface area (Å²) in [5, 5.41) is 2.08. The molecule has 0 spiro atoms. The van der Waals surface area contributed by atoms with Crippen molar-refractivity contribution in [2.45, 2.75) is 19.3 Å². The van der Waals surface area contributed by atoms with Crippen LogP contribution in [0.3, 0.4) is 0 Å². The zero-order chi connectivity index (χ0) is 11.7. The van der Waals surface area contributed by atoms with Gasteiger partial charge in [0.25, 0.3) is 0 Å². The quantitative estimate of drug-likeness (QED) is 0.786. The number of hydrogen-bond donors (Lipinski definition) is 0. The van der Waals surface area contributed by atoms with Crippen molar-refractivity contribution < 1.29 is 9.53 Å². The summed E-state index contributed by atoms with van der Waals surface area (Å²) in [6, 6.07) is 4.14. The number of Topliss-reactive ketones (excluding diaryl/α,β-unsaturated/α-hetero) is 1. The fourth-order valence-corrected chi connectivity index (χ4v) is 4.27. The zero-order valence-corrected chi connectivity index (χ0v) is 11.1. The molecule has 1 fully saturated rings. The van der Waals surface area contributed by atoms with Crippen LogP contribution < -0.4 is 0 Å². The van der Waals surface area contributed by atoms with Gasteiger partial charge in [-0.3, -0.25) is 4.79 Å². The summed E-state index contributed by atoms with van der Waals surface area (Å²) < 4.78 is 7.80. The lowest BCUT2D eigenvalue weighted by molar-refractivity contribution is 0.0602. The van der Waals surface area contributed by atoms with Gasteiger partial charge in [0.15, 0.2) is 5.78 Å². The summed E-state index contributed by atoms with van der Waals surface area (Å²) in [7, 11) is 0. The van der Waals surface area contributed by atoms with Crippen LogP contribution in [0.15, 0.2) is 17.5 Å². The van der Waals surface area contributed by atoms with Crippen LogP contribution in [0.2, 0.25) is 0 Å². The van der Waals surface area contributed by atoms with E-state index in [4.69, 9.17) is 4.74 Å². The molecule has 4 heteroatoms. The molecule has 0 bridgehead atoms. The Morgan fingerprint density at radius 2 is 2.18 bits per heavy atom. The predicted octanol–water partition coefficient (Wildman–Crippen LogP) is 3.96. The SMILES string of the molecule is O=C(CC1CCOCC1)c1cc2sccc2s1. The molecule has 2 nitrogen and oxygen atoms in total. The third-order valence-electron chi connectivity index (χ3n) is 3.23. The number of hydrogen-bond acceptors (Lipinski definition) is 4. The van der Waals surface area contributed by atoms with Crippen molar-refractivity contribution in [1.82, 2.24) is 0 Å².